The van der Waals surface area contributed by atoms with E-state index in [9.17, 15) is 9.59 Å². The van der Waals surface area contributed by atoms with Gasteiger partial charge >= 0.3 is 6.03 Å². The molecule has 7 nitrogen and oxygen atoms in total. The van der Waals surface area contributed by atoms with E-state index in [-0.39, 0.29) is 5.91 Å². The summed E-state index contributed by atoms with van der Waals surface area (Å²) in [5, 5.41) is 5.47. The van der Waals surface area contributed by atoms with Gasteiger partial charge in [0.05, 0.1) is 22.9 Å². The van der Waals surface area contributed by atoms with E-state index in [4.69, 9.17) is 10.5 Å². The molecule has 0 atom stereocenters. The van der Waals surface area contributed by atoms with Crippen LogP contribution in [0.3, 0.4) is 0 Å². The molecule has 0 saturated heterocycles. The second-order valence-corrected chi connectivity index (χ2v) is 4.89. The van der Waals surface area contributed by atoms with Gasteiger partial charge in [-0.2, -0.15) is 0 Å². The van der Waals surface area contributed by atoms with E-state index in [1.807, 2.05) is 6.92 Å². The molecule has 0 fully saturated rings. The maximum Gasteiger partial charge on any atom is 0.318 e. The molecular weight excluding hydrogens is 280 g/mol. The number of nitrogens with one attached hydrogen (secondary N) is 2. The van der Waals surface area contributed by atoms with Gasteiger partial charge in [-0.25, -0.2) is 9.78 Å². The maximum absolute atomic E-state index is 12.1. The zero-order chi connectivity index (χ0) is 14.7. The van der Waals surface area contributed by atoms with Crippen LogP contribution in [0.25, 0.3) is 10.2 Å². The number of thiazole rings is 1. The van der Waals surface area contributed by atoms with Crippen LogP contribution in [0.5, 0.6) is 5.75 Å². The van der Waals surface area contributed by atoms with Gasteiger partial charge in [-0.05, 0) is 13.0 Å². The van der Waals surface area contributed by atoms with Crippen molar-refractivity contribution in [3.8, 4) is 5.75 Å². The standard InChI is InChI=1S/C12H14N4O3S/c1-3-14-10(17)7-4-6(19-2)5-8-9(7)20-12(15-8)16-11(13)18/h4-5H,3H2,1-2H3,(H,14,17)(H3,13,15,16,18). The highest BCUT2D eigenvalue weighted by atomic mass is 32.1. The number of urea groups is 1. The average Bonchev–Trinajstić information content (AvgIpc) is 2.78. The smallest absolute Gasteiger partial charge is 0.318 e. The van der Waals surface area contributed by atoms with Crippen LogP contribution in [0.1, 0.15) is 17.3 Å². The van der Waals surface area contributed by atoms with Crippen LogP contribution in [0, 0.1) is 0 Å². The molecule has 1 heterocycles. The molecule has 1 aromatic heterocycles. The number of nitrogens with zero attached hydrogens (tertiary/aromatic N) is 1. The van der Waals surface area contributed by atoms with Gasteiger partial charge in [-0.1, -0.05) is 11.3 Å². The Morgan fingerprint density at radius 1 is 1.45 bits per heavy atom. The van der Waals surface area contributed by atoms with E-state index in [1.54, 1.807) is 12.1 Å². The first kappa shape index (κ1) is 14.1. The summed E-state index contributed by atoms with van der Waals surface area (Å²) in [6, 6.07) is 2.64. The number of rotatable bonds is 4. The first-order valence-corrected chi connectivity index (χ1v) is 6.70. The van der Waals surface area contributed by atoms with Crippen molar-refractivity contribution in [3.63, 3.8) is 0 Å². The number of amides is 3. The lowest BCUT2D eigenvalue weighted by molar-refractivity contribution is 0.0957. The van der Waals surface area contributed by atoms with E-state index in [0.29, 0.717) is 33.2 Å². The van der Waals surface area contributed by atoms with Crippen molar-refractivity contribution in [3.05, 3.63) is 17.7 Å². The zero-order valence-electron chi connectivity index (χ0n) is 11.0. The number of hydrogen-bond acceptors (Lipinski definition) is 5. The number of aromatic nitrogens is 1. The second kappa shape index (κ2) is 5.74. The van der Waals surface area contributed by atoms with Gasteiger partial charge in [0.15, 0.2) is 5.13 Å². The third-order valence-electron chi connectivity index (χ3n) is 2.51. The van der Waals surface area contributed by atoms with Crippen molar-refractivity contribution in [2.75, 3.05) is 19.0 Å². The molecular formula is C12H14N4O3S. The molecule has 0 unspecified atom stereocenters. The van der Waals surface area contributed by atoms with Gasteiger partial charge < -0.3 is 15.8 Å². The summed E-state index contributed by atoms with van der Waals surface area (Å²) in [6.45, 7) is 2.35. The Morgan fingerprint density at radius 3 is 2.80 bits per heavy atom. The van der Waals surface area contributed by atoms with Gasteiger partial charge in [0.1, 0.15) is 5.75 Å². The van der Waals surface area contributed by atoms with Crippen molar-refractivity contribution < 1.29 is 14.3 Å². The van der Waals surface area contributed by atoms with Gasteiger partial charge in [0.25, 0.3) is 5.91 Å². The first-order chi connectivity index (χ1) is 9.55. The van der Waals surface area contributed by atoms with Crippen LogP contribution < -0.4 is 21.1 Å². The number of benzene rings is 1. The lowest BCUT2D eigenvalue weighted by Crippen LogP contribution is -2.22. The monoisotopic (exact) mass is 294 g/mol. The Morgan fingerprint density at radius 2 is 2.20 bits per heavy atom. The molecule has 8 heteroatoms. The number of hydrogen-bond donors (Lipinski definition) is 3. The van der Waals surface area contributed by atoms with Gasteiger partial charge in [0.2, 0.25) is 0 Å². The molecule has 3 amide bonds. The lowest BCUT2D eigenvalue weighted by atomic mass is 10.2. The van der Waals surface area contributed by atoms with Crippen LogP contribution in [0.4, 0.5) is 9.93 Å². The number of fused-ring (bicyclic) bond motifs is 1. The predicted octanol–water partition coefficient (Wildman–Crippen LogP) is 1.55. The van der Waals surface area contributed by atoms with Crippen molar-refractivity contribution in [1.82, 2.24) is 10.3 Å². The number of nitrogens with two attached hydrogens (primary N) is 1. The van der Waals surface area contributed by atoms with E-state index >= 15 is 0 Å². The molecule has 0 spiro atoms. The SMILES string of the molecule is CCNC(=O)c1cc(OC)cc2nc(NC(N)=O)sc12. The third-order valence-corrected chi connectivity index (χ3v) is 3.53. The summed E-state index contributed by atoms with van der Waals surface area (Å²) in [5.74, 6) is 0.306. The molecule has 0 aliphatic heterocycles. The van der Waals surface area contributed by atoms with E-state index in [1.165, 1.54) is 18.4 Å². The summed E-state index contributed by atoms with van der Waals surface area (Å²) < 4.78 is 5.82. The van der Waals surface area contributed by atoms with E-state index in [2.05, 4.69) is 15.6 Å². The van der Waals surface area contributed by atoms with E-state index < -0.39 is 6.03 Å². The Labute approximate surface area is 119 Å². The van der Waals surface area contributed by atoms with Crippen LogP contribution in [-0.2, 0) is 0 Å². The lowest BCUT2D eigenvalue weighted by Gasteiger charge is -2.05. The fourth-order valence-electron chi connectivity index (χ4n) is 1.71. The van der Waals surface area contributed by atoms with Crippen molar-refractivity contribution >= 4 is 38.6 Å². The molecule has 0 saturated carbocycles. The summed E-state index contributed by atoms with van der Waals surface area (Å²) >= 11 is 1.19. The Kier molecular flexibility index (Phi) is 4.04. The largest absolute Gasteiger partial charge is 0.497 e. The minimum atomic E-state index is -0.699. The van der Waals surface area contributed by atoms with Crippen LogP contribution in [-0.4, -0.2) is 30.6 Å². The summed E-state index contributed by atoms with van der Waals surface area (Å²) in [4.78, 5) is 27.1. The van der Waals surface area contributed by atoms with Crippen LogP contribution >= 0.6 is 11.3 Å². The highest BCUT2D eigenvalue weighted by Gasteiger charge is 2.16. The van der Waals surface area contributed by atoms with Gasteiger partial charge in [0, 0.05) is 12.6 Å². The topological polar surface area (TPSA) is 106 Å². The quantitative estimate of drug-likeness (QED) is 0.795. The fraction of sp³-hybridized carbons (Fsp3) is 0.250. The molecule has 0 bridgehead atoms. The third kappa shape index (κ3) is 2.80. The van der Waals surface area contributed by atoms with Gasteiger partial charge in [-0.15, -0.1) is 0 Å². The molecule has 0 aliphatic rings. The molecule has 106 valence electrons. The average molecular weight is 294 g/mol. The number of carbonyl (C=O) groups is 2. The Hall–Kier alpha value is -2.35. The van der Waals surface area contributed by atoms with E-state index in [0.717, 1.165) is 0 Å². The fourth-order valence-corrected chi connectivity index (χ4v) is 2.67. The molecule has 0 radical (unpaired) electrons. The second-order valence-electron chi connectivity index (χ2n) is 3.89. The molecule has 20 heavy (non-hydrogen) atoms. The van der Waals surface area contributed by atoms with Gasteiger partial charge in [-0.3, -0.25) is 10.1 Å². The zero-order valence-corrected chi connectivity index (χ0v) is 11.8. The normalized spacial score (nSPS) is 10.3. The van der Waals surface area contributed by atoms with Crippen LogP contribution in [0.2, 0.25) is 0 Å². The number of methoxy groups -OCH3 is 1. The minimum Gasteiger partial charge on any atom is -0.497 e. The predicted molar refractivity (Wildman–Crippen MR) is 77.4 cm³/mol. The number of ether oxygens (including phenoxy) is 1. The highest BCUT2D eigenvalue weighted by Crippen LogP contribution is 2.32. The molecule has 1 aromatic carbocycles. The molecule has 2 aromatic rings. The Bertz CT molecular complexity index is 668. The van der Waals surface area contributed by atoms with Crippen molar-refractivity contribution in [2.24, 2.45) is 5.73 Å². The highest BCUT2D eigenvalue weighted by molar-refractivity contribution is 7.22. The minimum absolute atomic E-state index is 0.217. The van der Waals surface area contributed by atoms with Crippen molar-refractivity contribution in [1.29, 1.82) is 0 Å². The maximum atomic E-state index is 12.1. The summed E-state index contributed by atoms with van der Waals surface area (Å²) in [5.41, 5.74) is 6.08. The number of primary amides is 1. The number of carbonyl (C=O) groups excluding carboxylic acids is 2. The summed E-state index contributed by atoms with van der Waals surface area (Å²) in [6.07, 6.45) is 0. The first-order valence-electron chi connectivity index (χ1n) is 5.88. The summed E-state index contributed by atoms with van der Waals surface area (Å²) in [7, 11) is 1.51. The number of anilines is 1. The molecule has 4 N–H and O–H groups in total. The molecule has 0 aliphatic carbocycles. The Balaban J connectivity index is 2.55. The van der Waals surface area contributed by atoms with Crippen molar-refractivity contribution in [2.45, 2.75) is 6.92 Å². The molecule has 2 rings (SSSR count). The van der Waals surface area contributed by atoms with Crippen LogP contribution in [0.15, 0.2) is 12.1 Å².